The monoisotopic (exact) mass is 518 g/mol. The highest BCUT2D eigenvalue weighted by molar-refractivity contribution is 6.38. The summed E-state index contributed by atoms with van der Waals surface area (Å²) in [7, 11) is 0. The fraction of sp³-hybridized carbons (Fsp3) is 0. The third-order valence-corrected chi connectivity index (χ3v) is 5.74. The minimum atomic E-state index is -0.760. The zero-order valence-electron chi connectivity index (χ0n) is 16.7. The smallest absolute Gasteiger partial charge is 0.308 e. The molecule has 0 bridgehead atoms. The van der Waals surface area contributed by atoms with E-state index >= 15 is 0 Å². The first-order chi connectivity index (χ1) is 15.8. The van der Waals surface area contributed by atoms with E-state index in [1.165, 1.54) is 18.2 Å². The Bertz CT molecular complexity index is 1330. The molecule has 1 heterocycles. The van der Waals surface area contributed by atoms with Gasteiger partial charge in [-0.2, -0.15) is 5.10 Å². The van der Waals surface area contributed by atoms with Gasteiger partial charge in [0, 0.05) is 22.5 Å². The Morgan fingerprint density at radius 2 is 1.48 bits per heavy atom. The molecule has 4 rings (SSSR count). The SMILES string of the molecule is O=C(NC(=O)c1ccccc1Cl)Nc1cc(Cl)c(-n2ccc(-c3ccc(Cl)cc3)n2)c(Cl)c1. The summed E-state index contributed by atoms with van der Waals surface area (Å²) < 4.78 is 1.54. The molecule has 4 aromatic rings. The van der Waals surface area contributed by atoms with E-state index in [1.807, 2.05) is 18.2 Å². The topological polar surface area (TPSA) is 76.0 Å². The van der Waals surface area contributed by atoms with Crippen LogP contribution in [0.5, 0.6) is 0 Å². The number of nitrogens with zero attached hydrogens (tertiary/aromatic N) is 2. The van der Waals surface area contributed by atoms with Crippen molar-refractivity contribution in [3.05, 3.63) is 98.6 Å². The third-order valence-electron chi connectivity index (χ3n) is 4.58. The van der Waals surface area contributed by atoms with Gasteiger partial charge in [-0.05, 0) is 42.5 Å². The highest BCUT2D eigenvalue weighted by Crippen LogP contribution is 2.33. The van der Waals surface area contributed by atoms with Crippen LogP contribution in [0.3, 0.4) is 0 Å². The Morgan fingerprint density at radius 1 is 0.818 bits per heavy atom. The summed E-state index contributed by atoms with van der Waals surface area (Å²) in [4.78, 5) is 24.5. The second kappa shape index (κ2) is 9.85. The molecular formula is C23H14Cl4N4O2. The molecule has 6 nitrogen and oxygen atoms in total. The van der Waals surface area contributed by atoms with E-state index in [4.69, 9.17) is 46.4 Å². The second-order valence-corrected chi connectivity index (χ2v) is 8.49. The maximum Gasteiger partial charge on any atom is 0.326 e. The molecule has 1 aromatic heterocycles. The molecule has 0 radical (unpaired) electrons. The summed E-state index contributed by atoms with van der Waals surface area (Å²) in [5.41, 5.74) is 2.50. The van der Waals surface area contributed by atoms with Gasteiger partial charge in [-0.25, -0.2) is 9.48 Å². The van der Waals surface area contributed by atoms with E-state index in [2.05, 4.69) is 15.7 Å². The summed E-state index contributed by atoms with van der Waals surface area (Å²) in [5.74, 6) is -0.641. The van der Waals surface area contributed by atoms with Crippen molar-refractivity contribution >= 4 is 64.0 Å². The zero-order valence-corrected chi connectivity index (χ0v) is 19.7. The van der Waals surface area contributed by atoms with Gasteiger partial charge < -0.3 is 5.32 Å². The van der Waals surface area contributed by atoms with Crippen LogP contribution in [0.25, 0.3) is 16.9 Å². The number of nitrogens with one attached hydrogen (secondary N) is 2. The van der Waals surface area contributed by atoms with Gasteiger partial charge in [0.15, 0.2) is 0 Å². The summed E-state index contributed by atoms with van der Waals surface area (Å²) in [6, 6.07) is 17.7. The molecule has 0 aliphatic rings. The summed E-state index contributed by atoms with van der Waals surface area (Å²) in [5, 5.41) is 10.6. The Labute approximate surface area is 209 Å². The van der Waals surface area contributed by atoms with Crippen LogP contribution in [0.1, 0.15) is 10.4 Å². The van der Waals surface area contributed by atoms with Crippen molar-refractivity contribution in [2.45, 2.75) is 0 Å². The van der Waals surface area contributed by atoms with Crippen LogP contribution in [0.2, 0.25) is 20.1 Å². The number of hydrogen-bond donors (Lipinski definition) is 2. The molecule has 0 fully saturated rings. The van der Waals surface area contributed by atoms with Crippen LogP contribution in [-0.2, 0) is 0 Å². The first-order valence-corrected chi connectivity index (χ1v) is 11.0. The predicted molar refractivity (Wildman–Crippen MR) is 132 cm³/mol. The molecule has 10 heteroatoms. The van der Waals surface area contributed by atoms with Gasteiger partial charge in [-0.15, -0.1) is 0 Å². The third kappa shape index (κ3) is 5.31. The maximum atomic E-state index is 12.3. The molecule has 0 spiro atoms. The van der Waals surface area contributed by atoms with E-state index in [0.29, 0.717) is 22.1 Å². The number of hydrogen-bond acceptors (Lipinski definition) is 3. The van der Waals surface area contributed by atoms with E-state index in [0.717, 1.165) is 5.56 Å². The van der Waals surface area contributed by atoms with E-state index in [-0.39, 0.29) is 20.6 Å². The Morgan fingerprint density at radius 3 is 2.15 bits per heavy atom. The molecule has 3 amide bonds. The lowest BCUT2D eigenvalue weighted by Crippen LogP contribution is -2.34. The molecule has 0 unspecified atom stereocenters. The summed E-state index contributed by atoms with van der Waals surface area (Å²) >= 11 is 24.8. The van der Waals surface area contributed by atoms with Gasteiger partial charge in [0.25, 0.3) is 5.91 Å². The normalized spacial score (nSPS) is 10.7. The lowest BCUT2D eigenvalue weighted by molar-refractivity contribution is 0.0967. The molecule has 0 aliphatic carbocycles. The van der Waals surface area contributed by atoms with Gasteiger partial charge in [-0.3, -0.25) is 10.1 Å². The molecule has 33 heavy (non-hydrogen) atoms. The Hall–Kier alpha value is -3.03. The van der Waals surface area contributed by atoms with Gasteiger partial charge in [0.2, 0.25) is 0 Å². The van der Waals surface area contributed by atoms with Crippen LogP contribution in [0.4, 0.5) is 10.5 Å². The molecular weight excluding hydrogens is 506 g/mol. The van der Waals surface area contributed by atoms with Crippen molar-refractivity contribution in [3.8, 4) is 16.9 Å². The first-order valence-electron chi connectivity index (χ1n) is 9.50. The fourth-order valence-electron chi connectivity index (χ4n) is 3.06. The lowest BCUT2D eigenvalue weighted by Gasteiger charge is -2.12. The van der Waals surface area contributed by atoms with Crippen molar-refractivity contribution in [1.82, 2.24) is 15.1 Å². The van der Waals surface area contributed by atoms with Crippen molar-refractivity contribution in [3.63, 3.8) is 0 Å². The quantitative estimate of drug-likeness (QED) is 0.301. The first kappa shape index (κ1) is 23.1. The van der Waals surface area contributed by atoms with Crippen molar-refractivity contribution in [1.29, 1.82) is 0 Å². The number of carbonyl (C=O) groups excluding carboxylic acids is 2. The van der Waals surface area contributed by atoms with Gasteiger partial charge in [-0.1, -0.05) is 70.7 Å². The minimum absolute atomic E-state index is 0.177. The van der Waals surface area contributed by atoms with E-state index < -0.39 is 11.9 Å². The summed E-state index contributed by atoms with van der Waals surface area (Å²) in [6.45, 7) is 0. The Balaban J connectivity index is 1.51. The highest BCUT2D eigenvalue weighted by atomic mass is 35.5. The van der Waals surface area contributed by atoms with Gasteiger partial charge in [0.05, 0.1) is 26.3 Å². The number of amides is 3. The molecule has 0 aliphatic heterocycles. The predicted octanol–water partition coefficient (Wildman–Crippen LogP) is 7.11. The number of anilines is 1. The average molecular weight is 520 g/mol. The number of halogens is 4. The summed E-state index contributed by atoms with van der Waals surface area (Å²) in [6.07, 6.45) is 1.72. The molecule has 0 saturated heterocycles. The van der Waals surface area contributed by atoms with Crippen LogP contribution in [0, 0.1) is 0 Å². The molecule has 2 N–H and O–H groups in total. The van der Waals surface area contributed by atoms with Gasteiger partial charge >= 0.3 is 6.03 Å². The second-order valence-electron chi connectivity index (χ2n) is 6.83. The standard InChI is InChI=1S/C23H14Cl4N4O2/c24-14-7-5-13(6-8-14)20-9-10-31(30-20)21-18(26)11-15(12-19(21)27)28-23(33)29-22(32)16-3-1-2-4-17(16)25/h1-12H,(H2,28,29,32,33). The lowest BCUT2D eigenvalue weighted by atomic mass is 10.2. The number of benzene rings is 3. The van der Waals surface area contributed by atoms with Crippen LogP contribution >= 0.6 is 46.4 Å². The number of aromatic nitrogens is 2. The highest BCUT2D eigenvalue weighted by Gasteiger charge is 2.16. The van der Waals surface area contributed by atoms with Crippen molar-refractivity contribution in [2.24, 2.45) is 0 Å². The number of rotatable bonds is 4. The zero-order chi connectivity index (χ0) is 23.5. The average Bonchev–Trinajstić information content (AvgIpc) is 3.23. The molecule has 166 valence electrons. The number of urea groups is 1. The molecule has 3 aromatic carbocycles. The van der Waals surface area contributed by atoms with Crippen molar-refractivity contribution in [2.75, 3.05) is 5.32 Å². The van der Waals surface area contributed by atoms with E-state index in [9.17, 15) is 9.59 Å². The maximum absolute atomic E-state index is 12.3. The Kier molecular flexibility index (Phi) is 6.91. The molecule has 0 saturated carbocycles. The minimum Gasteiger partial charge on any atom is -0.308 e. The van der Waals surface area contributed by atoms with Crippen molar-refractivity contribution < 1.29 is 9.59 Å². The van der Waals surface area contributed by atoms with Crippen LogP contribution in [0.15, 0.2) is 72.9 Å². The molecule has 0 atom stereocenters. The fourth-order valence-corrected chi connectivity index (χ4v) is 4.07. The largest absolute Gasteiger partial charge is 0.326 e. The van der Waals surface area contributed by atoms with Crippen LogP contribution in [-0.4, -0.2) is 21.7 Å². The van der Waals surface area contributed by atoms with Gasteiger partial charge in [0.1, 0.15) is 5.69 Å². The number of carbonyl (C=O) groups is 2. The van der Waals surface area contributed by atoms with E-state index in [1.54, 1.807) is 41.2 Å². The van der Waals surface area contributed by atoms with Crippen LogP contribution < -0.4 is 10.6 Å². The number of imide groups is 1.